The Morgan fingerprint density at radius 3 is 2.28 bits per heavy atom. The van der Waals surface area contributed by atoms with Crippen molar-refractivity contribution >= 4 is 32.6 Å². The highest BCUT2D eigenvalue weighted by molar-refractivity contribution is 7.89. The van der Waals surface area contributed by atoms with Crippen LogP contribution >= 0.6 is 0 Å². The van der Waals surface area contributed by atoms with Crippen molar-refractivity contribution in [1.29, 1.82) is 0 Å². The molecule has 3 rings (SSSR count). The zero-order valence-corrected chi connectivity index (χ0v) is 17.8. The Bertz CT molecular complexity index is 1390. The van der Waals surface area contributed by atoms with Crippen molar-refractivity contribution in [2.75, 3.05) is 6.54 Å². The first-order chi connectivity index (χ1) is 15.3. The van der Waals surface area contributed by atoms with Gasteiger partial charge in [-0.25, -0.2) is 13.1 Å². The molecule has 2 amide bonds. The molecular formula is C21H19N5O5S. The number of terminal acetylenes is 1. The quantitative estimate of drug-likeness (QED) is 0.365. The van der Waals surface area contributed by atoms with E-state index in [9.17, 15) is 22.8 Å². The molecule has 0 radical (unpaired) electrons. The summed E-state index contributed by atoms with van der Waals surface area (Å²) < 4.78 is 27.4. The zero-order chi connectivity index (χ0) is 23.3. The van der Waals surface area contributed by atoms with E-state index < -0.39 is 21.8 Å². The predicted octanol–water partition coefficient (Wildman–Crippen LogP) is 0.403. The van der Waals surface area contributed by atoms with Crippen molar-refractivity contribution < 1.29 is 18.0 Å². The molecular weight excluding hydrogens is 434 g/mol. The van der Waals surface area contributed by atoms with Crippen LogP contribution in [-0.2, 0) is 16.6 Å². The molecule has 0 fully saturated rings. The van der Waals surface area contributed by atoms with Gasteiger partial charge in [0.25, 0.3) is 17.4 Å². The average molecular weight is 453 g/mol. The number of sulfonamides is 1. The first-order valence-electron chi connectivity index (χ1n) is 9.42. The van der Waals surface area contributed by atoms with E-state index in [-0.39, 0.29) is 34.8 Å². The van der Waals surface area contributed by atoms with Crippen molar-refractivity contribution in [2.24, 2.45) is 0 Å². The van der Waals surface area contributed by atoms with Gasteiger partial charge in [-0.1, -0.05) is 24.1 Å². The number of carbonyl (C=O) groups is 2. The first kappa shape index (κ1) is 22.7. The molecule has 164 valence electrons. The van der Waals surface area contributed by atoms with Crippen LogP contribution in [0.15, 0.2) is 58.2 Å². The summed E-state index contributed by atoms with van der Waals surface area (Å²) in [5.74, 6) is 0.779. The number of nitrogens with one attached hydrogen (secondary N) is 3. The molecule has 0 saturated heterocycles. The smallest absolute Gasteiger partial charge is 0.267 e. The lowest BCUT2D eigenvalue weighted by molar-refractivity contribution is 0.0843. The molecule has 3 N–H and O–H groups in total. The minimum absolute atomic E-state index is 0.0246. The van der Waals surface area contributed by atoms with E-state index in [2.05, 4.69) is 26.6 Å². The van der Waals surface area contributed by atoms with E-state index in [1.165, 1.54) is 24.3 Å². The van der Waals surface area contributed by atoms with E-state index in [1.54, 1.807) is 31.2 Å². The Labute approximate surface area is 183 Å². The van der Waals surface area contributed by atoms with Crippen LogP contribution in [0.1, 0.15) is 27.8 Å². The highest BCUT2D eigenvalue weighted by atomic mass is 32.2. The van der Waals surface area contributed by atoms with Crippen LogP contribution in [0.3, 0.4) is 0 Å². The van der Waals surface area contributed by atoms with Gasteiger partial charge < -0.3 is 0 Å². The summed E-state index contributed by atoms with van der Waals surface area (Å²) >= 11 is 0. The minimum Gasteiger partial charge on any atom is -0.267 e. The number of hydrogen-bond acceptors (Lipinski definition) is 6. The number of aromatic nitrogens is 2. The van der Waals surface area contributed by atoms with E-state index in [0.29, 0.717) is 10.8 Å². The Kier molecular flexibility index (Phi) is 6.67. The Hall–Kier alpha value is -4.01. The molecule has 1 aromatic heterocycles. The zero-order valence-electron chi connectivity index (χ0n) is 17.0. The molecule has 0 aliphatic heterocycles. The number of hydrogen-bond donors (Lipinski definition) is 3. The van der Waals surface area contributed by atoms with Gasteiger partial charge in [0.05, 0.1) is 16.8 Å². The maximum absolute atomic E-state index is 12.7. The molecule has 10 nitrogen and oxygen atoms in total. The summed E-state index contributed by atoms with van der Waals surface area (Å²) in [6.07, 6.45) is 5.05. The predicted molar refractivity (Wildman–Crippen MR) is 117 cm³/mol. The Morgan fingerprint density at radius 1 is 1.03 bits per heavy atom. The van der Waals surface area contributed by atoms with Gasteiger partial charge in [0.2, 0.25) is 10.0 Å². The second-order valence-corrected chi connectivity index (χ2v) is 8.24. The number of aryl methyl sites for hydroxylation is 1. The lowest BCUT2D eigenvalue weighted by Crippen LogP contribution is -2.42. The van der Waals surface area contributed by atoms with Gasteiger partial charge in [0.1, 0.15) is 0 Å². The highest BCUT2D eigenvalue weighted by Gasteiger charge is 2.18. The van der Waals surface area contributed by atoms with Crippen molar-refractivity contribution in [1.82, 2.24) is 25.4 Å². The van der Waals surface area contributed by atoms with Crippen LogP contribution < -0.4 is 21.1 Å². The van der Waals surface area contributed by atoms with Gasteiger partial charge in [-0.15, -0.1) is 6.42 Å². The van der Waals surface area contributed by atoms with Crippen molar-refractivity contribution in [2.45, 2.75) is 18.4 Å². The number of rotatable bonds is 6. The molecule has 2 aromatic carbocycles. The lowest BCUT2D eigenvalue weighted by Gasteiger charge is -2.11. The van der Waals surface area contributed by atoms with Gasteiger partial charge in [-0.05, 0) is 37.3 Å². The summed E-state index contributed by atoms with van der Waals surface area (Å²) in [5.41, 5.74) is 4.27. The van der Waals surface area contributed by atoms with Crippen LogP contribution in [0.4, 0.5) is 0 Å². The maximum Gasteiger partial charge on any atom is 0.290 e. The first-order valence-corrected chi connectivity index (χ1v) is 10.9. The summed E-state index contributed by atoms with van der Waals surface area (Å²) in [4.78, 5) is 37.3. The monoisotopic (exact) mass is 453 g/mol. The molecule has 32 heavy (non-hydrogen) atoms. The molecule has 0 bridgehead atoms. The molecule has 0 saturated carbocycles. The number of amides is 2. The minimum atomic E-state index is -3.79. The second kappa shape index (κ2) is 9.42. The van der Waals surface area contributed by atoms with Crippen LogP contribution in [0.25, 0.3) is 10.8 Å². The molecule has 0 aliphatic rings. The number of hydrazine groups is 1. The lowest BCUT2D eigenvalue weighted by atomic mass is 10.1. The van der Waals surface area contributed by atoms with Crippen molar-refractivity contribution in [3.8, 4) is 12.3 Å². The molecule has 0 unspecified atom stereocenters. The van der Waals surface area contributed by atoms with Crippen LogP contribution in [0.2, 0.25) is 0 Å². The topological polar surface area (TPSA) is 139 Å². The molecule has 3 aromatic rings. The Morgan fingerprint density at radius 2 is 1.66 bits per heavy atom. The van der Waals surface area contributed by atoms with Crippen LogP contribution in [0.5, 0.6) is 0 Å². The van der Waals surface area contributed by atoms with Gasteiger partial charge in [0.15, 0.2) is 5.69 Å². The molecule has 11 heteroatoms. The normalized spacial score (nSPS) is 11.0. The molecule has 1 heterocycles. The summed E-state index contributed by atoms with van der Waals surface area (Å²) in [7, 11) is -3.79. The van der Waals surface area contributed by atoms with E-state index >= 15 is 0 Å². The molecule has 0 atom stereocenters. The fourth-order valence-corrected chi connectivity index (χ4v) is 3.80. The van der Waals surface area contributed by atoms with Gasteiger partial charge in [-0.2, -0.15) is 9.82 Å². The fraction of sp³-hybridized carbons (Fsp3) is 0.143. The summed E-state index contributed by atoms with van der Waals surface area (Å²) in [6, 6.07) is 11.6. The van der Waals surface area contributed by atoms with Gasteiger partial charge in [0, 0.05) is 17.5 Å². The fourth-order valence-electron chi connectivity index (χ4n) is 2.87. The van der Waals surface area contributed by atoms with E-state index in [1.807, 2.05) is 0 Å². The van der Waals surface area contributed by atoms with Gasteiger partial charge >= 0.3 is 0 Å². The van der Waals surface area contributed by atoms with E-state index in [4.69, 9.17) is 6.42 Å². The highest BCUT2D eigenvalue weighted by Crippen LogP contribution is 2.13. The third kappa shape index (κ3) is 4.66. The maximum atomic E-state index is 12.7. The largest absolute Gasteiger partial charge is 0.290 e. The number of carbonyl (C=O) groups excluding carboxylic acids is 2. The number of benzene rings is 2. The van der Waals surface area contributed by atoms with Crippen molar-refractivity contribution in [3.63, 3.8) is 0 Å². The van der Waals surface area contributed by atoms with E-state index in [0.717, 1.165) is 4.68 Å². The molecule has 0 spiro atoms. The van der Waals surface area contributed by atoms with Gasteiger partial charge in [-0.3, -0.25) is 25.2 Å². The Balaban J connectivity index is 1.76. The third-order valence-corrected chi connectivity index (χ3v) is 5.88. The summed E-state index contributed by atoms with van der Waals surface area (Å²) in [5, 5.41) is 4.77. The van der Waals surface area contributed by atoms with Crippen LogP contribution in [0, 0.1) is 12.3 Å². The third-order valence-electron chi connectivity index (χ3n) is 4.46. The SMILES string of the molecule is C#CCNS(=O)(=O)c1ccc(C(=O)NNC(=O)c2nn(CC)c(=O)c3ccccc23)cc1. The average Bonchev–Trinajstić information content (AvgIpc) is 2.81. The van der Waals surface area contributed by atoms with Crippen LogP contribution in [-0.4, -0.2) is 36.6 Å². The second-order valence-electron chi connectivity index (χ2n) is 6.48. The number of nitrogens with zero attached hydrogens (tertiary/aromatic N) is 2. The molecule has 0 aliphatic carbocycles. The summed E-state index contributed by atoms with van der Waals surface area (Å²) in [6.45, 7) is 1.82. The number of fused-ring (bicyclic) bond motifs is 1. The van der Waals surface area contributed by atoms with Crippen molar-refractivity contribution in [3.05, 3.63) is 70.1 Å². The standard InChI is InChI=1S/C21H19N5O5S/c1-3-13-22-32(30,31)15-11-9-14(10-12-15)19(27)23-24-20(28)18-16-7-5-6-8-17(16)21(29)26(4-2)25-18/h1,5-12,22H,4,13H2,2H3,(H,23,27)(H,24,28).